The van der Waals surface area contributed by atoms with E-state index in [1.807, 2.05) is 12.5 Å². The fourth-order valence-corrected chi connectivity index (χ4v) is 2.72. The SMILES string of the molecule is Cc1ccc(-n2cncc2C(N)C2CCOC2)cc1C. The second kappa shape index (κ2) is 5.38. The minimum absolute atomic E-state index is 0.0263. The van der Waals surface area contributed by atoms with Gasteiger partial charge in [-0.2, -0.15) is 0 Å². The number of imidazole rings is 1. The van der Waals surface area contributed by atoms with Gasteiger partial charge in [0, 0.05) is 18.2 Å². The third kappa shape index (κ3) is 2.37. The molecule has 1 aromatic carbocycles. The van der Waals surface area contributed by atoms with E-state index in [4.69, 9.17) is 10.5 Å². The Morgan fingerprint density at radius 1 is 1.35 bits per heavy atom. The fourth-order valence-electron chi connectivity index (χ4n) is 2.72. The predicted molar refractivity (Wildman–Crippen MR) is 78.9 cm³/mol. The van der Waals surface area contributed by atoms with Gasteiger partial charge in [-0.3, -0.25) is 0 Å². The number of rotatable bonds is 3. The molecule has 1 fully saturated rings. The topological polar surface area (TPSA) is 53.1 Å². The summed E-state index contributed by atoms with van der Waals surface area (Å²) >= 11 is 0. The molecule has 4 heteroatoms. The van der Waals surface area contributed by atoms with Gasteiger partial charge in [0.25, 0.3) is 0 Å². The Morgan fingerprint density at radius 3 is 2.90 bits per heavy atom. The Hall–Kier alpha value is -1.65. The molecule has 2 heterocycles. The van der Waals surface area contributed by atoms with E-state index in [1.165, 1.54) is 11.1 Å². The van der Waals surface area contributed by atoms with Crippen molar-refractivity contribution in [1.82, 2.24) is 9.55 Å². The molecule has 20 heavy (non-hydrogen) atoms. The van der Waals surface area contributed by atoms with Crippen molar-refractivity contribution in [3.63, 3.8) is 0 Å². The number of nitrogens with zero attached hydrogens (tertiary/aromatic N) is 2. The second-order valence-corrected chi connectivity index (χ2v) is 5.61. The van der Waals surface area contributed by atoms with Crippen LogP contribution < -0.4 is 5.73 Å². The Bertz CT molecular complexity index is 600. The number of aryl methyl sites for hydroxylation is 2. The zero-order chi connectivity index (χ0) is 14.1. The number of ether oxygens (including phenoxy) is 1. The predicted octanol–water partition coefficient (Wildman–Crippen LogP) is 2.53. The van der Waals surface area contributed by atoms with Crippen molar-refractivity contribution in [2.24, 2.45) is 11.7 Å². The van der Waals surface area contributed by atoms with Crippen molar-refractivity contribution in [3.8, 4) is 5.69 Å². The van der Waals surface area contributed by atoms with Crippen molar-refractivity contribution >= 4 is 0 Å². The van der Waals surface area contributed by atoms with Gasteiger partial charge in [0.1, 0.15) is 0 Å². The van der Waals surface area contributed by atoms with Crippen LogP contribution in [0.2, 0.25) is 0 Å². The Labute approximate surface area is 119 Å². The van der Waals surface area contributed by atoms with E-state index in [-0.39, 0.29) is 6.04 Å². The highest BCUT2D eigenvalue weighted by Crippen LogP contribution is 2.28. The zero-order valence-electron chi connectivity index (χ0n) is 12.0. The summed E-state index contributed by atoms with van der Waals surface area (Å²) in [5, 5.41) is 0. The molecule has 0 aliphatic carbocycles. The smallest absolute Gasteiger partial charge is 0.0994 e. The summed E-state index contributed by atoms with van der Waals surface area (Å²) in [4.78, 5) is 4.29. The van der Waals surface area contributed by atoms with Crippen LogP contribution in [-0.4, -0.2) is 22.8 Å². The van der Waals surface area contributed by atoms with Gasteiger partial charge in [0.05, 0.1) is 30.9 Å². The number of hydrogen-bond donors (Lipinski definition) is 1. The second-order valence-electron chi connectivity index (χ2n) is 5.61. The van der Waals surface area contributed by atoms with E-state index >= 15 is 0 Å². The van der Waals surface area contributed by atoms with Gasteiger partial charge in [-0.1, -0.05) is 6.07 Å². The lowest BCUT2D eigenvalue weighted by Crippen LogP contribution is -2.24. The minimum Gasteiger partial charge on any atom is -0.381 e. The van der Waals surface area contributed by atoms with Crippen molar-refractivity contribution in [3.05, 3.63) is 47.5 Å². The van der Waals surface area contributed by atoms with Gasteiger partial charge in [0.15, 0.2) is 0 Å². The summed E-state index contributed by atoms with van der Waals surface area (Å²) < 4.78 is 7.54. The highest BCUT2D eigenvalue weighted by atomic mass is 16.5. The Kier molecular flexibility index (Phi) is 3.59. The molecule has 2 unspecified atom stereocenters. The number of aromatic nitrogens is 2. The molecule has 0 amide bonds. The molecular formula is C16H21N3O. The van der Waals surface area contributed by atoms with Crippen molar-refractivity contribution in [1.29, 1.82) is 0 Å². The van der Waals surface area contributed by atoms with Gasteiger partial charge in [0.2, 0.25) is 0 Å². The van der Waals surface area contributed by atoms with Gasteiger partial charge in [-0.25, -0.2) is 4.98 Å². The van der Waals surface area contributed by atoms with E-state index < -0.39 is 0 Å². The van der Waals surface area contributed by atoms with Crippen LogP contribution >= 0.6 is 0 Å². The van der Waals surface area contributed by atoms with Crippen LogP contribution in [0.15, 0.2) is 30.7 Å². The van der Waals surface area contributed by atoms with Crippen LogP contribution in [0.4, 0.5) is 0 Å². The molecule has 0 bridgehead atoms. The summed E-state index contributed by atoms with van der Waals surface area (Å²) in [6.07, 6.45) is 4.74. The van der Waals surface area contributed by atoms with Crippen LogP contribution in [0.3, 0.4) is 0 Å². The third-order valence-corrected chi connectivity index (χ3v) is 4.25. The van der Waals surface area contributed by atoms with E-state index in [9.17, 15) is 0 Å². The first-order valence-corrected chi connectivity index (χ1v) is 7.10. The summed E-state index contributed by atoms with van der Waals surface area (Å²) in [6, 6.07) is 6.41. The molecule has 2 N–H and O–H groups in total. The maximum absolute atomic E-state index is 6.41. The lowest BCUT2D eigenvalue weighted by Gasteiger charge is -2.19. The molecule has 0 spiro atoms. The van der Waals surface area contributed by atoms with Gasteiger partial charge in [-0.05, 0) is 43.5 Å². The molecule has 2 atom stereocenters. The zero-order valence-corrected chi connectivity index (χ0v) is 12.0. The molecule has 4 nitrogen and oxygen atoms in total. The lowest BCUT2D eigenvalue weighted by molar-refractivity contribution is 0.180. The maximum atomic E-state index is 6.41. The summed E-state index contributed by atoms with van der Waals surface area (Å²) in [5.41, 5.74) is 11.2. The minimum atomic E-state index is -0.0263. The highest BCUT2D eigenvalue weighted by Gasteiger charge is 2.26. The van der Waals surface area contributed by atoms with Crippen molar-refractivity contribution < 1.29 is 4.74 Å². The van der Waals surface area contributed by atoms with Crippen LogP contribution in [-0.2, 0) is 4.74 Å². The van der Waals surface area contributed by atoms with Crippen LogP contribution in [0.25, 0.3) is 5.69 Å². The van der Waals surface area contributed by atoms with Gasteiger partial charge in [-0.15, -0.1) is 0 Å². The van der Waals surface area contributed by atoms with E-state index in [0.717, 1.165) is 31.0 Å². The first kappa shape index (κ1) is 13.3. The largest absolute Gasteiger partial charge is 0.381 e. The standard InChI is InChI=1S/C16H21N3O/c1-11-3-4-14(7-12(11)2)19-10-18-8-15(19)16(17)13-5-6-20-9-13/h3-4,7-8,10,13,16H,5-6,9,17H2,1-2H3. The molecule has 0 radical (unpaired) electrons. The summed E-state index contributed by atoms with van der Waals surface area (Å²) in [5.74, 6) is 0.386. The quantitative estimate of drug-likeness (QED) is 0.933. The van der Waals surface area contributed by atoms with E-state index in [2.05, 4.69) is 41.6 Å². The van der Waals surface area contributed by atoms with Crippen LogP contribution in [0, 0.1) is 19.8 Å². The average Bonchev–Trinajstić information content (AvgIpc) is 3.11. The molecule has 2 aromatic rings. The number of nitrogens with two attached hydrogens (primary N) is 1. The first-order valence-electron chi connectivity index (χ1n) is 7.10. The molecular weight excluding hydrogens is 250 g/mol. The third-order valence-electron chi connectivity index (χ3n) is 4.25. The highest BCUT2D eigenvalue weighted by molar-refractivity contribution is 5.41. The molecule has 1 saturated heterocycles. The molecule has 106 valence electrons. The van der Waals surface area contributed by atoms with Gasteiger partial charge < -0.3 is 15.0 Å². The molecule has 3 rings (SSSR count). The normalized spacial score (nSPS) is 20.2. The lowest BCUT2D eigenvalue weighted by atomic mass is 9.97. The first-order chi connectivity index (χ1) is 9.66. The molecule has 1 aliphatic rings. The number of hydrogen-bond acceptors (Lipinski definition) is 3. The number of benzene rings is 1. The summed E-state index contributed by atoms with van der Waals surface area (Å²) in [6.45, 7) is 5.81. The monoisotopic (exact) mass is 271 g/mol. The van der Waals surface area contributed by atoms with Crippen molar-refractivity contribution in [2.75, 3.05) is 13.2 Å². The Morgan fingerprint density at radius 2 is 2.20 bits per heavy atom. The molecule has 1 aliphatic heterocycles. The summed E-state index contributed by atoms with van der Waals surface area (Å²) in [7, 11) is 0. The molecule has 0 saturated carbocycles. The van der Waals surface area contributed by atoms with E-state index in [1.54, 1.807) is 0 Å². The van der Waals surface area contributed by atoms with E-state index in [0.29, 0.717) is 5.92 Å². The Balaban J connectivity index is 1.94. The van der Waals surface area contributed by atoms with Crippen LogP contribution in [0.5, 0.6) is 0 Å². The van der Waals surface area contributed by atoms with Crippen LogP contribution in [0.1, 0.15) is 29.3 Å². The van der Waals surface area contributed by atoms with Gasteiger partial charge >= 0.3 is 0 Å². The molecule has 1 aromatic heterocycles. The maximum Gasteiger partial charge on any atom is 0.0994 e. The van der Waals surface area contributed by atoms with Crippen molar-refractivity contribution in [2.45, 2.75) is 26.3 Å². The fraction of sp³-hybridized carbons (Fsp3) is 0.438. The average molecular weight is 271 g/mol.